The van der Waals surface area contributed by atoms with Gasteiger partial charge in [0.15, 0.2) is 0 Å². The lowest BCUT2D eigenvalue weighted by Gasteiger charge is -2.22. The van der Waals surface area contributed by atoms with Crippen molar-refractivity contribution >= 4 is 16.8 Å². The SMILES string of the molecule is Cc1nc2ccccc2c(C)c1CC(=O)N(CCO)CCCO. The summed E-state index contributed by atoms with van der Waals surface area (Å²) in [6.07, 6.45) is 0.778. The number of hydrogen-bond donors (Lipinski definition) is 2. The van der Waals surface area contributed by atoms with Crippen LogP contribution in [0.25, 0.3) is 10.9 Å². The molecule has 0 bridgehead atoms. The Labute approximate surface area is 136 Å². The van der Waals surface area contributed by atoms with Crippen molar-refractivity contribution in [2.45, 2.75) is 26.7 Å². The van der Waals surface area contributed by atoms with Crippen molar-refractivity contribution in [2.24, 2.45) is 0 Å². The summed E-state index contributed by atoms with van der Waals surface area (Å²) in [7, 11) is 0. The van der Waals surface area contributed by atoms with E-state index in [1.54, 1.807) is 4.90 Å². The Hall–Kier alpha value is -1.98. The molecule has 1 amide bonds. The molecule has 1 aromatic carbocycles. The zero-order valence-electron chi connectivity index (χ0n) is 13.7. The minimum atomic E-state index is -0.0783. The van der Waals surface area contributed by atoms with Gasteiger partial charge in [-0.05, 0) is 37.5 Å². The fourth-order valence-electron chi connectivity index (χ4n) is 2.84. The fraction of sp³-hybridized carbons (Fsp3) is 0.444. The second-order valence-corrected chi connectivity index (χ2v) is 5.68. The number of hydrogen-bond acceptors (Lipinski definition) is 4. The van der Waals surface area contributed by atoms with Crippen LogP contribution >= 0.6 is 0 Å². The molecule has 0 spiro atoms. The van der Waals surface area contributed by atoms with Gasteiger partial charge < -0.3 is 15.1 Å². The standard InChI is InChI=1S/C18H24N2O3/c1-13-15-6-3-4-7-17(15)19-14(2)16(13)12-18(23)20(9-11-22)8-5-10-21/h3-4,6-7,21-22H,5,8-12H2,1-2H3. The summed E-state index contributed by atoms with van der Waals surface area (Å²) in [6.45, 7) is 4.64. The van der Waals surface area contributed by atoms with Gasteiger partial charge in [-0.1, -0.05) is 18.2 Å². The first-order chi connectivity index (χ1) is 11.1. The molecule has 0 aliphatic rings. The van der Waals surface area contributed by atoms with E-state index in [4.69, 9.17) is 10.2 Å². The third-order valence-corrected chi connectivity index (χ3v) is 4.12. The van der Waals surface area contributed by atoms with Gasteiger partial charge >= 0.3 is 0 Å². The predicted octanol–water partition coefficient (Wildman–Crippen LogP) is 1.60. The first-order valence-corrected chi connectivity index (χ1v) is 7.92. The van der Waals surface area contributed by atoms with E-state index >= 15 is 0 Å². The predicted molar refractivity (Wildman–Crippen MR) is 90.3 cm³/mol. The normalized spacial score (nSPS) is 11.0. The molecule has 23 heavy (non-hydrogen) atoms. The molecule has 1 heterocycles. The summed E-state index contributed by atoms with van der Waals surface area (Å²) in [6, 6.07) is 7.91. The Bertz CT molecular complexity index is 685. The Morgan fingerprint density at radius 3 is 2.57 bits per heavy atom. The van der Waals surface area contributed by atoms with E-state index < -0.39 is 0 Å². The summed E-state index contributed by atoms with van der Waals surface area (Å²) in [5.74, 6) is -0.0456. The smallest absolute Gasteiger partial charge is 0.227 e. The summed E-state index contributed by atoms with van der Waals surface area (Å²) >= 11 is 0. The van der Waals surface area contributed by atoms with Crippen molar-refractivity contribution < 1.29 is 15.0 Å². The van der Waals surface area contributed by atoms with Crippen molar-refractivity contribution in [1.82, 2.24) is 9.88 Å². The number of fused-ring (bicyclic) bond motifs is 1. The number of nitrogens with zero attached hydrogens (tertiary/aromatic N) is 2. The maximum absolute atomic E-state index is 12.6. The maximum Gasteiger partial charge on any atom is 0.227 e. The van der Waals surface area contributed by atoms with Crippen LogP contribution in [-0.2, 0) is 11.2 Å². The highest BCUT2D eigenvalue weighted by Gasteiger charge is 2.17. The zero-order chi connectivity index (χ0) is 16.8. The van der Waals surface area contributed by atoms with Crippen LogP contribution in [0.3, 0.4) is 0 Å². The second kappa shape index (κ2) is 8.04. The monoisotopic (exact) mass is 316 g/mol. The van der Waals surface area contributed by atoms with Gasteiger partial charge in [-0.3, -0.25) is 9.78 Å². The number of carbonyl (C=O) groups excluding carboxylic acids is 1. The van der Waals surface area contributed by atoms with Crippen molar-refractivity contribution in [3.8, 4) is 0 Å². The number of rotatable bonds is 7. The van der Waals surface area contributed by atoms with E-state index in [9.17, 15) is 4.79 Å². The van der Waals surface area contributed by atoms with Crippen LogP contribution in [0.1, 0.15) is 23.2 Å². The molecule has 0 saturated heterocycles. The lowest BCUT2D eigenvalue weighted by atomic mass is 9.99. The number of aliphatic hydroxyl groups is 2. The fourth-order valence-corrected chi connectivity index (χ4v) is 2.84. The van der Waals surface area contributed by atoms with Gasteiger partial charge in [0.05, 0.1) is 18.5 Å². The first-order valence-electron chi connectivity index (χ1n) is 7.92. The summed E-state index contributed by atoms with van der Waals surface area (Å²) in [4.78, 5) is 18.8. The molecule has 0 fully saturated rings. The van der Waals surface area contributed by atoms with Gasteiger partial charge in [-0.15, -0.1) is 0 Å². The quantitative estimate of drug-likeness (QED) is 0.814. The topological polar surface area (TPSA) is 73.7 Å². The van der Waals surface area contributed by atoms with E-state index in [0.29, 0.717) is 13.0 Å². The molecule has 0 aliphatic heterocycles. The second-order valence-electron chi connectivity index (χ2n) is 5.68. The number of aromatic nitrogens is 1. The third kappa shape index (κ3) is 4.06. The van der Waals surface area contributed by atoms with Crippen LogP contribution in [0.2, 0.25) is 0 Å². The molecule has 0 radical (unpaired) electrons. The molecule has 124 valence electrons. The maximum atomic E-state index is 12.6. The van der Waals surface area contributed by atoms with Crippen molar-refractivity contribution in [3.63, 3.8) is 0 Å². The van der Waals surface area contributed by atoms with Gasteiger partial charge in [0, 0.05) is 30.8 Å². The van der Waals surface area contributed by atoms with Gasteiger partial charge in [0.1, 0.15) is 0 Å². The highest BCUT2D eigenvalue weighted by Crippen LogP contribution is 2.23. The Morgan fingerprint density at radius 2 is 1.87 bits per heavy atom. The molecule has 2 N–H and O–H groups in total. The lowest BCUT2D eigenvalue weighted by Crippen LogP contribution is -2.36. The molecule has 2 aromatic rings. The van der Waals surface area contributed by atoms with E-state index in [-0.39, 0.29) is 32.1 Å². The van der Waals surface area contributed by atoms with E-state index in [0.717, 1.165) is 27.7 Å². The Balaban J connectivity index is 2.27. The number of carbonyl (C=O) groups is 1. The molecule has 0 atom stereocenters. The molecular formula is C18H24N2O3. The van der Waals surface area contributed by atoms with Crippen LogP contribution in [0, 0.1) is 13.8 Å². The minimum absolute atomic E-state index is 0.0325. The van der Waals surface area contributed by atoms with E-state index in [1.165, 1.54) is 0 Å². The van der Waals surface area contributed by atoms with Crippen LogP contribution in [-0.4, -0.2) is 52.3 Å². The summed E-state index contributed by atoms with van der Waals surface area (Å²) in [5.41, 5.74) is 3.82. The molecule has 1 aromatic heterocycles. The zero-order valence-corrected chi connectivity index (χ0v) is 13.7. The van der Waals surface area contributed by atoms with Crippen molar-refractivity contribution in [2.75, 3.05) is 26.3 Å². The van der Waals surface area contributed by atoms with E-state index in [1.807, 2.05) is 38.1 Å². The first kappa shape index (κ1) is 17.4. The Morgan fingerprint density at radius 1 is 1.13 bits per heavy atom. The number of para-hydroxylation sites is 1. The average molecular weight is 316 g/mol. The highest BCUT2D eigenvalue weighted by molar-refractivity contribution is 5.86. The molecule has 5 nitrogen and oxygen atoms in total. The molecule has 0 saturated carbocycles. The van der Waals surface area contributed by atoms with Gasteiger partial charge in [-0.25, -0.2) is 0 Å². The van der Waals surface area contributed by atoms with Crippen molar-refractivity contribution in [3.05, 3.63) is 41.1 Å². The van der Waals surface area contributed by atoms with Crippen LogP contribution in [0.4, 0.5) is 0 Å². The number of aryl methyl sites for hydroxylation is 2. The van der Waals surface area contributed by atoms with Crippen LogP contribution < -0.4 is 0 Å². The summed E-state index contributed by atoms with van der Waals surface area (Å²) in [5, 5.41) is 19.1. The lowest BCUT2D eigenvalue weighted by molar-refractivity contribution is -0.131. The Kier molecular flexibility index (Phi) is 6.07. The van der Waals surface area contributed by atoms with Gasteiger partial charge in [-0.2, -0.15) is 0 Å². The number of amides is 1. The minimum Gasteiger partial charge on any atom is -0.396 e. The third-order valence-electron chi connectivity index (χ3n) is 4.12. The molecule has 0 unspecified atom stereocenters. The number of benzene rings is 1. The average Bonchev–Trinajstić information content (AvgIpc) is 2.55. The molecular weight excluding hydrogens is 292 g/mol. The highest BCUT2D eigenvalue weighted by atomic mass is 16.3. The molecule has 5 heteroatoms. The molecule has 0 aliphatic carbocycles. The van der Waals surface area contributed by atoms with Crippen LogP contribution in [0.15, 0.2) is 24.3 Å². The van der Waals surface area contributed by atoms with E-state index in [2.05, 4.69) is 4.98 Å². The number of aliphatic hydroxyl groups excluding tert-OH is 2. The summed E-state index contributed by atoms with van der Waals surface area (Å²) < 4.78 is 0. The largest absolute Gasteiger partial charge is 0.396 e. The number of pyridine rings is 1. The van der Waals surface area contributed by atoms with Gasteiger partial charge in [0.2, 0.25) is 5.91 Å². The van der Waals surface area contributed by atoms with Gasteiger partial charge in [0.25, 0.3) is 0 Å². The van der Waals surface area contributed by atoms with Crippen molar-refractivity contribution in [1.29, 1.82) is 0 Å². The molecule has 2 rings (SSSR count). The van der Waals surface area contributed by atoms with Crippen LogP contribution in [0.5, 0.6) is 0 Å².